The van der Waals surface area contributed by atoms with Crippen LogP contribution in [0.15, 0.2) is 30.3 Å². The van der Waals surface area contributed by atoms with Gasteiger partial charge in [-0.3, -0.25) is 4.79 Å². The third-order valence-corrected chi connectivity index (χ3v) is 7.62. The smallest absolute Gasteiger partial charge is 0.337 e. The molecule has 216 valence electrons. The quantitative estimate of drug-likeness (QED) is 0.365. The maximum absolute atomic E-state index is 15.5. The number of aliphatic carboxylic acids is 1. The van der Waals surface area contributed by atoms with E-state index in [0.717, 1.165) is 17.7 Å². The monoisotopic (exact) mass is 567 g/mol. The van der Waals surface area contributed by atoms with E-state index in [4.69, 9.17) is 9.47 Å². The minimum Gasteiger partial charge on any atom is -0.490 e. The average molecular weight is 568 g/mol. The Balaban J connectivity index is 1.79. The predicted molar refractivity (Wildman–Crippen MR) is 148 cm³/mol. The second-order valence-corrected chi connectivity index (χ2v) is 11.5. The summed E-state index contributed by atoms with van der Waals surface area (Å²) in [6, 6.07) is 6.22. The molecule has 41 heavy (non-hydrogen) atoms. The number of fused-ring (bicyclic) bond motifs is 2. The molecule has 9 heteroatoms. The summed E-state index contributed by atoms with van der Waals surface area (Å²) in [5, 5.41) is 10.3. The molecule has 0 unspecified atom stereocenters. The molecule has 0 saturated heterocycles. The van der Waals surface area contributed by atoms with Crippen molar-refractivity contribution in [2.24, 2.45) is 0 Å². The zero-order valence-electron chi connectivity index (χ0n) is 23.7. The number of rotatable bonds is 5. The van der Waals surface area contributed by atoms with Gasteiger partial charge < -0.3 is 19.5 Å². The first-order valence-electron chi connectivity index (χ1n) is 13.6. The number of benzene rings is 3. The molecule has 1 amide bonds. The summed E-state index contributed by atoms with van der Waals surface area (Å²) in [7, 11) is 0. The molecular formula is C32H32F3NO5. The first-order chi connectivity index (χ1) is 19.3. The van der Waals surface area contributed by atoms with Crippen LogP contribution in [0.2, 0.25) is 0 Å². The molecule has 3 aromatic carbocycles. The van der Waals surface area contributed by atoms with Crippen LogP contribution < -0.4 is 9.64 Å². The lowest BCUT2D eigenvalue weighted by atomic mass is 9.83. The van der Waals surface area contributed by atoms with Crippen LogP contribution in [0.4, 0.5) is 18.9 Å². The van der Waals surface area contributed by atoms with Crippen molar-refractivity contribution in [2.75, 3.05) is 18.1 Å². The summed E-state index contributed by atoms with van der Waals surface area (Å²) >= 11 is 0. The summed E-state index contributed by atoms with van der Waals surface area (Å²) in [6.45, 7) is 9.28. The molecule has 6 nitrogen and oxygen atoms in total. The van der Waals surface area contributed by atoms with Crippen molar-refractivity contribution in [3.63, 3.8) is 0 Å². The van der Waals surface area contributed by atoms with Crippen LogP contribution in [0.25, 0.3) is 11.1 Å². The van der Waals surface area contributed by atoms with Gasteiger partial charge in [-0.25, -0.2) is 18.0 Å². The van der Waals surface area contributed by atoms with Crippen LogP contribution in [0, 0.1) is 31.3 Å². The molecule has 2 heterocycles. The van der Waals surface area contributed by atoms with Crippen LogP contribution in [-0.2, 0) is 22.4 Å². The Bertz CT molecular complexity index is 1560. The molecule has 5 rings (SSSR count). The minimum atomic E-state index is -1.40. The van der Waals surface area contributed by atoms with Crippen LogP contribution in [0.1, 0.15) is 71.5 Å². The summed E-state index contributed by atoms with van der Waals surface area (Å²) in [6.07, 6.45) is 0.152. The number of nitrogens with zero attached hydrogens (tertiary/aromatic N) is 1. The molecule has 0 fully saturated rings. The first kappa shape index (κ1) is 28.7. The Hall–Kier alpha value is -3.85. The number of ether oxygens (including phenoxy) is 2. The van der Waals surface area contributed by atoms with E-state index in [1.54, 1.807) is 33.8 Å². The molecule has 1 atom stereocenters. The number of carbonyl (C=O) groups excluding carboxylic acids is 1. The molecule has 0 spiro atoms. The highest BCUT2D eigenvalue weighted by atomic mass is 19.1. The van der Waals surface area contributed by atoms with E-state index in [-0.39, 0.29) is 18.7 Å². The van der Waals surface area contributed by atoms with Gasteiger partial charge >= 0.3 is 5.97 Å². The first-order valence-corrected chi connectivity index (χ1v) is 13.6. The highest BCUT2D eigenvalue weighted by Crippen LogP contribution is 2.48. The van der Waals surface area contributed by atoms with Gasteiger partial charge in [0, 0.05) is 23.4 Å². The van der Waals surface area contributed by atoms with Crippen molar-refractivity contribution in [1.29, 1.82) is 0 Å². The van der Waals surface area contributed by atoms with E-state index in [2.05, 4.69) is 0 Å². The molecule has 3 aromatic rings. The van der Waals surface area contributed by atoms with Crippen molar-refractivity contribution in [1.82, 2.24) is 0 Å². The maximum Gasteiger partial charge on any atom is 0.337 e. The zero-order valence-corrected chi connectivity index (χ0v) is 23.7. The summed E-state index contributed by atoms with van der Waals surface area (Å²) in [4.78, 5) is 27.4. The standard InChI is InChI=1S/C32H32F3NO5/c1-16-14-24-19(11-12-36(24)30(37)27-21(33)9-6-10-22(27)34)26(25(16)29(31(38)39)41-32(3,4)5)20-15-23(35)28-18(17(20)2)8-7-13-40-28/h6,9-10,14-15,29H,7-8,11-13H2,1-5H3,(H,38,39)/t29-/m0/s1. The highest BCUT2D eigenvalue weighted by molar-refractivity contribution is 6.08. The normalized spacial score (nSPS) is 15.3. The molecule has 0 aromatic heterocycles. The van der Waals surface area contributed by atoms with Gasteiger partial charge in [0.2, 0.25) is 0 Å². The van der Waals surface area contributed by atoms with Crippen molar-refractivity contribution in [3.05, 3.63) is 81.2 Å². The Morgan fingerprint density at radius 3 is 2.34 bits per heavy atom. The Kier molecular flexibility index (Phi) is 7.36. The van der Waals surface area contributed by atoms with Crippen molar-refractivity contribution in [2.45, 2.75) is 65.6 Å². The topological polar surface area (TPSA) is 76.1 Å². The van der Waals surface area contributed by atoms with Gasteiger partial charge in [0.25, 0.3) is 5.91 Å². The Labute approximate surface area is 236 Å². The van der Waals surface area contributed by atoms with E-state index in [9.17, 15) is 23.5 Å². The fourth-order valence-electron chi connectivity index (χ4n) is 5.89. The number of aryl methyl sites for hydroxylation is 1. The number of carbonyl (C=O) groups is 2. The van der Waals surface area contributed by atoms with Gasteiger partial charge in [-0.2, -0.15) is 0 Å². The number of carboxylic acids is 1. The molecule has 2 aliphatic heterocycles. The van der Waals surface area contributed by atoms with Crippen LogP contribution >= 0.6 is 0 Å². The number of anilines is 1. The van der Waals surface area contributed by atoms with E-state index in [1.807, 2.05) is 6.92 Å². The van der Waals surface area contributed by atoms with Crippen LogP contribution in [0.3, 0.4) is 0 Å². The predicted octanol–water partition coefficient (Wildman–Crippen LogP) is 6.86. The van der Waals surface area contributed by atoms with Gasteiger partial charge in [0.15, 0.2) is 17.7 Å². The van der Waals surface area contributed by atoms with Crippen molar-refractivity contribution in [3.8, 4) is 16.9 Å². The van der Waals surface area contributed by atoms with Crippen LogP contribution in [0.5, 0.6) is 5.75 Å². The van der Waals surface area contributed by atoms with Gasteiger partial charge in [0.05, 0.1) is 12.2 Å². The number of amides is 1. The zero-order chi connectivity index (χ0) is 29.8. The number of halogens is 3. The summed E-state index contributed by atoms with van der Waals surface area (Å²) in [5.41, 5.74) is 2.66. The van der Waals surface area contributed by atoms with Crippen LogP contribution in [-0.4, -0.2) is 35.7 Å². The lowest BCUT2D eigenvalue weighted by Gasteiger charge is -2.30. The highest BCUT2D eigenvalue weighted by Gasteiger charge is 2.38. The molecule has 0 bridgehead atoms. The van der Waals surface area contributed by atoms with Gasteiger partial charge in [-0.1, -0.05) is 6.07 Å². The number of hydrogen-bond donors (Lipinski definition) is 1. The largest absolute Gasteiger partial charge is 0.490 e. The average Bonchev–Trinajstić information content (AvgIpc) is 3.31. The number of carboxylic acid groups (broad SMARTS) is 1. The molecule has 0 radical (unpaired) electrons. The van der Waals surface area contributed by atoms with E-state index < -0.39 is 46.6 Å². The number of hydrogen-bond acceptors (Lipinski definition) is 4. The fourth-order valence-corrected chi connectivity index (χ4v) is 5.89. The minimum absolute atomic E-state index is 0.102. The second kappa shape index (κ2) is 10.5. The summed E-state index contributed by atoms with van der Waals surface area (Å²) in [5.74, 6) is -4.40. The van der Waals surface area contributed by atoms with Gasteiger partial charge in [-0.15, -0.1) is 0 Å². The van der Waals surface area contributed by atoms with Gasteiger partial charge in [-0.05, 0) is 106 Å². The second-order valence-electron chi connectivity index (χ2n) is 11.5. The lowest BCUT2D eigenvalue weighted by Crippen LogP contribution is -2.31. The van der Waals surface area contributed by atoms with E-state index in [0.29, 0.717) is 58.5 Å². The van der Waals surface area contributed by atoms with E-state index >= 15 is 4.39 Å². The molecule has 0 saturated carbocycles. The lowest BCUT2D eigenvalue weighted by molar-refractivity contribution is -0.160. The fraction of sp³-hybridized carbons (Fsp3) is 0.375. The molecular weight excluding hydrogens is 535 g/mol. The SMILES string of the molecule is Cc1cc2c(c(-c3cc(F)c4c(c3C)CCCO4)c1[C@H](OC(C)(C)C)C(=O)O)CCN2C(=O)c1c(F)cccc1F. The maximum atomic E-state index is 15.5. The van der Waals surface area contributed by atoms with Crippen molar-refractivity contribution < 1.29 is 37.3 Å². The third-order valence-electron chi connectivity index (χ3n) is 7.62. The van der Waals surface area contributed by atoms with Crippen molar-refractivity contribution >= 4 is 17.6 Å². The molecule has 2 aliphatic rings. The molecule has 0 aliphatic carbocycles. The Morgan fingerprint density at radius 2 is 1.71 bits per heavy atom. The Morgan fingerprint density at radius 1 is 1.02 bits per heavy atom. The summed E-state index contributed by atoms with van der Waals surface area (Å²) < 4.78 is 56.4. The third kappa shape index (κ3) is 5.07. The van der Waals surface area contributed by atoms with E-state index in [1.165, 1.54) is 17.0 Å². The van der Waals surface area contributed by atoms with Gasteiger partial charge in [0.1, 0.15) is 17.2 Å². The molecule has 1 N–H and O–H groups in total.